The number of benzene rings is 1. The van der Waals surface area contributed by atoms with Gasteiger partial charge in [-0.25, -0.2) is 4.99 Å². The summed E-state index contributed by atoms with van der Waals surface area (Å²) in [6.07, 6.45) is 2.97. The summed E-state index contributed by atoms with van der Waals surface area (Å²) in [6.45, 7) is 0. The highest BCUT2D eigenvalue weighted by atomic mass is 35.5. The Hall–Kier alpha value is -1.24. The second-order valence-electron chi connectivity index (χ2n) is 2.14. The molecule has 1 aromatic carbocycles. The van der Waals surface area contributed by atoms with Gasteiger partial charge < -0.3 is 0 Å². The maximum Gasteiger partial charge on any atom is 0.182 e. The van der Waals surface area contributed by atoms with E-state index in [0.717, 1.165) is 0 Å². The highest BCUT2D eigenvalue weighted by molar-refractivity contribution is 6.35. The van der Waals surface area contributed by atoms with Gasteiger partial charge in [-0.2, -0.15) is 5.26 Å². The fourth-order valence-corrected chi connectivity index (χ4v) is 1.26. The third-order valence-electron chi connectivity index (χ3n) is 1.19. The van der Waals surface area contributed by atoms with Crippen LogP contribution >= 0.6 is 23.2 Å². The van der Waals surface area contributed by atoms with Gasteiger partial charge in [-0.15, -0.1) is 0 Å². The molecular weight excluding hydrogens is 209 g/mol. The van der Waals surface area contributed by atoms with Gasteiger partial charge in [0.1, 0.15) is 6.34 Å². The Kier molecular flexibility index (Phi) is 3.56. The molecule has 0 aliphatic carbocycles. The molecule has 0 bridgehead atoms. The topological polar surface area (TPSA) is 48.2 Å². The van der Waals surface area contributed by atoms with Crippen LogP contribution in [0.25, 0.3) is 0 Å². The summed E-state index contributed by atoms with van der Waals surface area (Å²) in [5, 5.41) is 11.4. The second-order valence-corrected chi connectivity index (χ2v) is 3.01. The van der Waals surface area contributed by atoms with Crippen LogP contribution < -0.4 is 5.32 Å². The van der Waals surface area contributed by atoms with E-state index in [2.05, 4.69) is 10.3 Å². The first-order valence-corrected chi connectivity index (χ1v) is 4.11. The first kappa shape index (κ1) is 9.85. The fraction of sp³-hybridized carbons (Fsp3) is 0. The van der Waals surface area contributed by atoms with Crippen LogP contribution in [0.5, 0.6) is 0 Å². The quantitative estimate of drug-likeness (QED) is 0.356. The lowest BCUT2D eigenvalue weighted by Gasteiger charge is -1.95. The van der Waals surface area contributed by atoms with E-state index in [1.165, 1.54) is 6.34 Å². The molecule has 0 fully saturated rings. The summed E-state index contributed by atoms with van der Waals surface area (Å²) in [5.74, 6) is 0. The van der Waals surface area contributed by atoms with Crippen LogP contribution in [0.15, 0.2) is 23.2 Å². The summed E-state index contributed by atoms with van der Waals surface area (Å²) in [5.41, 5.74) is 0.597. The lowest BCUT2D eigenvalue weighted by molar-refractivity contribution is 1.29. The largest absolute Gasteiger partial charge is 0.283 e. The third-order valence-corrected chi connectivity index (χ3v) is 1.63. The zero-order valence-corrected chi connectivity index (χ0v) is 7.97. The summed E-state index contributed by atoms with van der Waals surface area (Å²) in [4.78, 5) is 3.89. The third kappa shape index (κ3) is 3.32. The lowest BCUT2D eigenvalue weighted by atomic mass is 10.3. The molecule has 66 valence electrons. The highest BCUT2D eigenvalue weighted by Gasteiger charge is 1.94. The van der Waals surface area contributed by atoms with Crippen molar-refractivity contribution in [3.05, 3.63) is 28.2 Å². The smallest absolute Gasteiger partial charge is 0.182 e. The molecule has 1 rings (SSSR count). The van der Waals surface area contributed by atoms with Crippen molar-refractivity contribution in [3.63, 3.8) is 0 Å². The van der Waals surface area contributed by atoms with Crippen LogP contribution in [0.4, 0.5) is 5.69 Å². The minimum absolute atomic E-state index is 0.511. The molecule has 3 nitrogen and oxygen atoms in total. The molecule has 0 radical (unpaired) electrons. The molecule has 0 heterocycles. The van der Waals surface area contributed by atoms with Gasteiger partial charge in [-0.3, -0.25) is 5.32 Å². The minimum Gasteiger partial charge on any atom is -0.283 e. The number of nitriles is 1. The number of rotatable bonds is 2. The molecule has 0 aliphatic heterocycles. The number of hydrogen-bond acceptors (Lipinski definition) is 2. The van der Waals surface area contributed by atoms with Crippen molar-refractivity contribution in [2.45, 2.75) is 0 Å². The van der Waals surface area contributed by atoms with Gasteiger partial charge in [0.05, 0.1) is 5.69 Å². The van der Waals surface area contributed by atoms with E-state index in [1.54, 1.807) is 24.4 Å². The predicted molar refractivity (Wildman–Crippen MR) is 53.4 cm³/mol. The van der Waals surface area contributed by atoms with E-state index in [4.69, 9.17) is 28.5 Å². The van der Waals surface area contributed by atoms with Gasteiger partial charge in [0, 0.05) is 10.0 Å². The van der Waals surface area contributed by atoms with Gasteiger partial charge in [-0.1, -0.05) is 23.2 Å². The molecule has 0 atom stereocenters. The molecule has 0 saturated heterocycles. The maximum absolute atomic E-state index is 8.15. The van der Waals surface area contributed by atoms with E-state index < -0.39 is 0 Å². The average molecular weight is 214 g/mol. The molecule has 5 heteroatoms. The monoisotopic (exact) mass is 213 g/mol. The molecule has 13 heavy (non-hydrogen) atoms. The molecule has 1 aromatic rings. The van der Waals surface area contributed by atoms with Crippen molar-refractivity contribution in [2.24, 2.45) is 4.99 Å². The van der Waals surface area contributed by atoms with E-state index in [-0.39, 0.29) is 0 Å². The Morgan fingerprint density at radius 1 is 1.31 bits per heavy atom. The van der Waals surface area contributed by atoms with E-state index in [1.807, 2.05) is 0 Å². The normalized spacial score (nSPS) is 9.92. The molecule has 0 spiro atoms. The van der Waals surface area contributed by atoms with Crippen molar-refractivity contribution < 1.29 is 0 Å². The highest BCUT2D eigenvalue weighted by Crippen LogP contribution is 2.23. The molecule has 0 aliphatic rings. The van der Waals surface area contributed by atoms with Crippen molar-refractivity contribution in [1.29, 1.82) is 5.26 Å². The molecule has 0 saturated carbocycles. The number of nitrogens with one attached hydrogen (secondary N) is 1. The molecule has 0 unspecified atom stereocenters. The maximum atomic E-state index is 8.15. The fourth-order valence-electron chi connectivity index (χ4n) is 0.749. The van der Waals surface area contributed by atoms with Crippen LogP contribution in [-0.2, 0) is 0 Å². The Balaban J connectivity index is 2.84. The molecule has 1 N–H and O–H groups in total. The van der Waals surface area contributed by atoms with Gasteiger partial charge in [0.15, 0.2) is 6.19 Å². The summed E-state index contributed by atoms with van der Waals surface area (Å²) < 4.78 is 0. The second kappa shape index (κ2) is 4.70. The number of halogens is 2. The SMILES string of the molecule is N#CNC=Nc1cc(Cl)cc(Cl)c1. The van der Waals surface area contributed by atoms with Crippen molar-refractivity contribution in [2.75, 3.05) is 0 Å². The Morgan fingerprint density at radius 3 is 2.46 bits per heavy atom. The summed E-state index contributed by atoms with van der Waals surface area (Å²) >= 11 is 11.4. The first-order valence-electron chi connectivity index (χ1n) is 3.35. The number of aliphatic imine (C=N–C) groups is 1. The standard InChI is InChI=1S/C8H5Cl2N3/c9-6-1-7(10)3-8(2-6)13-5-12-4-11/h1-3,5H,(H,12,13). The van der Waals surface area contributed by atoms with Crippen molar-refractivity contribution in [3.8, 4) is 6.19 Å². The van der Waals surface area contributed by atoms with Crippen molar-refractivity contribution >= 4 is 35.2 Å². The van der Waals surface area contributed by atoms with Crippen LogP contribution in [0, 0.1) is 11.5 Å². The van der Waals surface area contributed by atoms with Gasteiger partial charge >= 0.3 is 0 Å². The zero-order valence-electron chi connectivity index (χ0n) is 6.46. The van der Waals surface area contributed by atoms with Gasteiger partial charge in [-0.05, 0) is 18.2 Å². The van der Waals surface area contributed by atoms with Crippen LogP contribution in [0.2, 0.25) is 10.0 Å². The Morgan fingerprint density at radius 2 is 1.92 bits per heavy atom. The summed E-state index contributed by atoms with van der Waals surface area (Å²) in [6, 6.07) is 4.89. The lowest BCUT2D eigenvalue weighted by Crippen LogP contribution is -1.98. The molecule has 0 amide bonds. The number of hydrogen-bond donors (Lipinski definition) is 1. The van der Waals surface area contributed by atoms with Gasteiger partial charge in [0.25, 0.3) is 0 Å². The van der Waals surface area contributed by atoms with E-state index in [9.17, 15) is 0 Å². The Labute approximate surface area is 85.6 Å². The zero-order chi connectivity index (χ0) is 9.68. The molecule has 0 aromatic heterocycles. The van der Waals surface area contributed by atoms with E-state index in [0.29, 0.717) is 15.7 Å². The van der Waals surface area contributed by atoms with Gasteiger partial charge in [0.2, 0.25) is 0 Å². The average Bonchev–Trinajstić information content (AvgIpc) is 2.03. The van der Waals surface area contributed by atoms with Crippen LogP contribution in [0.1, 0.15) is 0 Å². The van der Waals surface area contributed by atoms with Crippen molar-refractivity contribution in [1.82, 2.24) is 5.32 Å². The van der Waals surface area contributed by atoms with Crippen LogP contribution in [-0.4, -0.2) is 6.34 Å². The number of nitrogens with zero attached hydrogens (tertiary/aromatic N) is 2. The minimum atomic E-state index is 0.511. The first-order chi connectivity index (χ1) is 6.22. The summed E-state index contributed by atoms with van der Waals surface area (Å²) in [7, 11) is 0. The predicted octanol–water partition coefficient (Wildman–Crippen LogP) is 2.72. The Bertz CT molecular complexity index is 348. The van der Waals surface area contributed by atoms with E-state index >= 15 is 0 Å². The van der Waals surface area contributed by atoms with Crippen LogP contribution in [0.3, 0.4) is 0 Å². The molecular formula is C8H5Cl2N3.